The van der Waals surface area contributed by atoms with Crippen LogP contribution in [0.4, 0.5) is 14.5 Å². The van der Waals surface area contributed by atoms with Crippen molar-refractivity contribution in [1.29, 1.82) is 0 Å². The van der Waals surface area contributed by atoms with Crippen molar-refractivity contribution in [3.8, 4) is 0 Å². The van der Waals surface area contributed by atoms with Crippen LogP contribution in [0.25, 0.3) is 10.9 Å². The van der Waals surface area contributed by atoms with Gasteiger partial charge < -0.3 is 10.6 Å². The molecule has 23 heavy (non-hydrogen) atoms. The van der Waals surface area contributed by atoms with Gasteiger partial charge in [-0.05, 0) is 24.6 Å². The molecule has 1 saturated heterocycles. The summed E-state index contributed by atoms with van der Waals surface area (Å²) in [5.41, 5.74) is 0.0268. The maximum Gasteiger partial charge on any atom is 0.319 e. The fourth-order valence-electron chi connectivity index (χ4n) is 2.92. The maximum atomic E-state index is 13.0. The summed E-state index contributed by atoms with van der Waals surface area (Å²) in [5, 5.41) is 6.03. The highest BCUT2D eigenvalue weighted by Crippen LogP contribution is 2.33. The Morgan fingerprint density at radius 3 is 2.87 bits per heavy atom. The van der Waals surface area contributed by atoms with Crippen molar-refractivity contribution in [3.63, 3.8) is 0 Å². The second-order valence-corrected chi connectivity index (χ2v) is 6.03. The van der Waals surface area contributed by atoms with Crippen LogP contribution in [-0.4, -0.2) is 22.9 Å². The minimum atomic E-state index is -2.64. The van der Waals surface area contributed by atoms with E-state index in [2.05, 4.69) is 10.6 Å². The summed E-state index contributed by atoms with van der Waals surface area (Å²) < 4.78 is 26.7. The first-order chi connectivity index (χ1) is 10.9. The fourth-order valence-corrected chi connectivity index (χ4v) is 2.92. The molecular formula is C16H17F2N3O2. The molecule has 2 aromatic rings. The van der Waals surface area contributed by atoms with Crippen molar-refractivity contribution in [1.82, 2.24) is 9.88 Å². The molecule has 122 valence electrons. The van der Waals surface area contributed by atoms with E-state index >= 15 is 0 Å². The van der Waals surface area contributed by atoms with Crippen molar-refractivity contribution < 1.29 is 18.4 Å². The molecule has 1 atom stereocenters. The number of piperidine rings is 1. The number of carbonyl (C=O) groups is 2. The van der Waals surface area contributed by atoms with Gasteiger partial charge in [0, 0.05) is 24.5 Å². The van der Waals surface area contributed by atoms with Crippen LogP contribution in [0.2, 0.25) is 0 Å². The van der Waals surface area contributed by atoms with E-state index < -0.39 is 12.0 Å². The normalized spacial score (nSPS) is 21.5. The first-order valence-corrected chi connectivity index (χ1v) is 7.36. The Labute approximate surface area is 131 Å². The Bertz CT molecular complexity index is 772. The maximum absolute atomic E-state index is 13.0. The lowest BCUT2D eigenvalue weighted by atomic mass is 9.79. The van der Waals surface area contributed by atoms with Gasteiger partial charge in [-0.3, -0.25) is 14.2 Å². The van der Waals surface area contributed by atoms with Gasteiger partial charge in [-0.1, -0.05) is 13.0 Å². The quantitative estimate of drug-likeness (QED) is 0.913. The van der Waals surface area contributed by atoms with Crippen LogP contribution < -0.4 is 10.6 Å². The van der Waals surface area contributed by atoms with Gasteiger partial charge in [-0.15, -0.1) is 0 Å². The van der Waals surface area contributed by atoms with Gasteiger partial charge in [0.05, 0.1) is 16.6 Å². The van der Waals surface area contributed by atoms with E-state index in [1.807, 2.05) is 0 Å². The zero-order valence-corrected chi connectivity index (χ0v) is 12.6. The molecule has 0 aliphatic carbocycles. The number of benzene rings is 1. The van der Waals surface area contributed by atoms with Gasteiger partial charge in [0.1, 0.15) is 0 Å². The molecule has 1 aliphatic rings. The standard InChI is InChI=1S/C16H17F2N3O2/c1-16(6-7-19-13(22)9-16)14(23)20-11-3-2-4-12-10(11)5-8-21(12)15(17)18/h2-5,8,15H,6-7,9H2,1H3,(H,19,22)(H,20,23). The van der Waals surface area contributed by atoms with Crippen molar-refractivity contribution in [2.45, 2.75) is 26.3 Å². The molecule has 0 bridgehead atoms. The summed E-state index contributed by atoms with van der Waals surface area (Å²) >= 11 is 0. The Balaban J connectivity index is 1.89. The second-order valence-electron chi connectivity index (χ2n) is 6.03. The third-order valence-corrected chi connectivity index (χ3v) is 4.32. The summed E-state index contributed by atoms with van der Waals surface area (Å²) in [6.45, 7) is -0.446. The molecule has 1 aliphatic heterocycles. The van der Waals surface area contributed by atoms with Crippen LogP contribution in [0, 0.1) is 5.41 Å². The van der Waals surface area contributed by atoms with E-state index in [4.69, 9.17) is 0 Å². The highest BCUT2D eigenvalue weighted by molar-refractivity contribution is 6.04. The number of fused-ring (bicyclic) bond motifs is 1. The minimum Gasteiger partial charge on any atom is -0.356 e. The SMILES string of the molecule is CC1(C(=O)Nc2cccc3c2ccn3C(F)F)CCNC(=O)C1. The van der Waals surface area contributed by atoms with Crippen LogP contribution in [0.3, 0.4) is 0 Å². The molecule has 1 unspecified atom stereocenters. The van der Waals surface area contributed by atoms with Gasteiger partial charge in [-0.25, -0.2) is 0 Å². The Kier molecular flexibility index (Phi) is 3.79. The topological polar surface area (TPSA) is 63.1 Å². The average Bonchev–Trinajstić information content (AvgIpc) is 2.92. The number of rotatable bonds is 3. The van der Waals surface area contributed by atoms with Gasteiger partial charge in [0.25, 0.3) is 0 Å². The molecular weight excluding hydrogens is 304 g/mol. The first kappa shape index (κ1) is 15.5. The summed E-state index contributed by atoms with van der Waals surface area (Å²) in [7, 11) is 0. The molecule has 1 aromatic carbocycles. The van der Waals surface area contributed by atoms with Gasteiger partial charge in [0.2, 0.25) is 11.8 Å². The average molecular weight is 321 g/mol. The number of aromatic nitrogens is 1. The lowest BCUT2D eigenvalue weighted by Gasteiger charge is -2.31. The number of nitrogens with zero attached hydrogens (tertiary/aromatic N) is 1. The lowest BCUT2D eigenvalue weighted by molar-refractivity contribution is -0.134. The number of nitrogens with one attached hydrogen (secondary N) is 2. The smallest absolute Gasteiger partial charge is 0.319 e. The van der Waals surface area contributed by atoms with Crippen molar-refractivity contribution in [2.24, 2.45) is 5.41 Å². The van der Waals surface area contributed by atoms with Crippen molar-refractivity contribution in [3.05, 3.63) is 30.5 Å². The summed E-state index contributed by atoms with van der Waals surface area (Å²) in [5.74, 6) is -0.430. The van der Waals surface area contributed by atoms with E-state index in [0.717, 1.165) is 4.57 Å². The summed E-state index contributed by atoms with van der Waals surface area (Å²) in [6.07, 6.45) is 1.95. The molecule has 1 aromatic heterocycles. The second kappa shape index (κ2) is 5.64. The molecule has 5 nitrogen and oxygen atoms in total. The molecule has 7 heteroatoms. The van der Waals surface area contributed by atoms with Gasteiger partial charge in [0.15, 0.2) is 0 Å². The van der Waals surface area contributed by atoms with Crippen LogP contribution in [0.15, 0.2) is 30.5 Å². The predicted octanol–water partition coefficient (Wildman–Crippen LogP) is 2.89. The molecule has 1 fully saturated rings. The fraction of sp³-hybridized carbons (Fsp3) is 0.375. The highest BCUT2D eigenvalue weighted by Gasteiger charge is 2.38. The molecule has 2 heterocycles. The Morgan fingerprint density at radius 1 is 1.39 bits per heavy atom. The van der Waals surface area contributed by atoms with Crippen LogP contribution in [0.1, 0.15) is 26.3 Å². The molecule has 2 N–H and O–H groups in total. The largest absolute Gasteiger partial charge is 0.356 e. The van der Waals surface area contributed by atoms with Crippen LogP contribution in [0.5, 0.6) is 0 Å². The highest BCUT2D eigenvalue weighted by atomic mass is 19.3. The molecule has 0 saturated carbocycles. The molecule has 0 spiro atoms. The number of hydrogen-bond donors (Lipinski definition) is 2. The zero-order chi connectivity index (χ0) is 16.6. The Morgan fingerprint density at radius 2 is 2.17 bits per heavy atom. The number of alkyl halides is 2. The summed E-state index contributed by atoms with van der Waals surface area (Å²) in [4.78, 5) is 24.1. The monoisotopic (exact) mass is 321 g/mol. The third-order valence-electron chi connectivity index (χ3n) is 4.32. The number of halogens is 2. The van der Waals surface area contributed by atoms with E-state index in [-0.39, 0.29) is 18.2 Å². The third kappa shape index (κ3) is 2.78. The van der Waals surface area contributed by atoms with Gasteiger partial charge in [-0.2, -0.15) is 8.78 Å². The Hall–Kier alpha value is -2.44. The van der Waals surface area contributed by atoms with Crippen LogP contribution in [-0.2, 0) is 9.59 Å². The van der Waals surface area contributed by atoms with E-state index in [1.165, 1.54) is 6.20 Å². The number of anilines is 1. The lowest BCUT2D eigenvalue weighted by Crippen LogP contribution is -2.45. The number of carbonyl (C=O) groups excluding carboxylic acids is 2. The summed E-state index contributed by atoms with van der Waals surface area (Å²) in [6, 6.07) is 6.41. The molecule has 3 rings (SSSR count). The van der Waals surface area contributed by atoms with Crippen molar-refractivity contribution >= 4 is 28.4 Å². The van der Waals surface area contributed by atoms with Crippen molar-refractivity contribution in [2.75, 3.05) is 11.9 Å². The van der Waals surface area contributed by atoms with E-state index in [9.17, 15) is 18.4 Å². The van der Waals surface area contributed by atoms with Gasteiger partial charge >= 0.3 is 6.55 Å². The molecule has 0 radical (unpaired) electrons. The first-order valence-electron chi connectivity index (χ1n) is 7.36. The molecule has 2 amide bonds. The number of amides is 2. The zero-order valence-electron chi connectivity index (χ0n) is 12.6. The number of hydrogen-bond acceptors (Lipinski definition) is 2. The minimum absolute atomic E-state index is 0.118. The van der Waals surface area contributed by atoms with E-state index in [1.54, 1.807) is 31.2 Å². The van der Waals surface area contributed by atoms with Crippen LogP contribution >= 0.6 is 0 Å². The van der Waals surface area contributed by atoms with E-state index in [0.29, 0.717) is 29.6 Å². The predicted molar refractivity (Wildman–Crippen MR) is 82.2 cm³/mol.